The lowest BCUT2D eigenvalue weighted by molar-refractivity contribution is 0.540. The predicted molar refractivity (Wildman–Crippen MR) is 65.4 cm³/mol. The molecule has 1 aliphatic rings. The maximum absolute atomic E-state index is 5.94. The van der Waals surface area contributed by atoms with E-state index in [1.807, 2.05) is 0 Å². The Balaban J connectivity index is 2.05. The Bertz CT molecular complexity index is 335. The molecule has 1 fully saturated rings. The highest BCUT2D eigenvalue weighted by atomic mass is 35.5. The second-order valence-corrected chi connectivity index (χ2v) is 4.91. The minimum Gasteiger partial charge on any atom is -0.306 e. The van der Waals surface area contributed by atoms with E-state index in [-0.39, 0.29) is 5.54 Å². The van der Waals surface area contributed by atoms with Crippen LogP contribution in [0.4, 0.5) is 0 Å². The Morgan fingerprint density at radius 1 is 1.27 bits per heavy atom. The van der Waals surface area contributed by atoms with Gasteiger partial charge in [-0.05, 0) is 43.4 Å². The number of alkyl halides is 1. The van der Waals surface area contributed by atoms with Crippen molar-refractivity contribution >= 4 is 11.6 Å². The first-order chi connectivity index (χ1) is 7.17. The number of nitrogens with one attached hydrogen (secondary N) is 1. The molecule has 2 heteroatoms. The Morgan fingerprint density at radius 2 is 1.87 bits per heavy atom. The topological polar surface area (TPSA) is 12.0 Å². The molecule has 0 radical (unpaired) electrons. The van der Waals surface area contributed by atoms with Crippen LogP contribution in [-0.4, -0.2) is 11.4 Å². The van der Waals surface area contributed by atoms with Gasteiger partial charge in [-0.2, -0.15) is 0 Å². The molecule has 1 aliphatic carbocycles. The smallest absolute Gasteiger partial charge is 0.0406 e. The van der Waals surface area contributed by atoms with Crippen LogP contribution in [0.2, 0.25) is 0 Å². The number of halogens is 1. The fraction of sp³-hybridized carbons (Fsp3) is 0.538. The third-order valence-electron chi connectivity index (χ3n) is 3.39. The van der Waals surface area contributed by atoms with Crippen LogP contribution >= 0.6 is 11.6 Å². The number of aryl methyl sites for hydroxylation is 2. The summed E-state index contributed by atoms with van der Waals surface area (Å²) >= 11 is 5.94. The van der Waals surface area contributed by atoms with Gasteiger partial charge in [0.1, 0.15) is 0 Å². The molecular formula is C13H18ClN. The Morgan fingerprint density at radius 3 is 2.33 bits per heavy atom. The number of benzene rings is 1. The molecule has 0 bridgehead atoms. The quantitative estimate of drug-likeness (QED) is 0.774. The van der Waals surface area contributed by atoms with Crippen LogP contribution in [0.3, 0.4) is 0 Å². The van der Waals surface area contributed by atoms with Crippen LogP contribution in [0.15, 0.2) is 18.2 Å². The molecule has 0 heterocycles. The third-order valence-corrected chi connectivity index (χ3v) is 3.91. The molecule has 0 saturated heterocycles. The first kappa shape index (κ1) is 11.0. The van der Waals surface area contributed by atoms with Crippen molar-refractivity contribution < 1.29 is 0 Å². The van der Waals surface area contributed by atoms with Crippen molar-refractivity contribution in [3.63, 3.8) is 0 Å². The number of hydrogen-bond donors (Lipinski definition) is 1. The first-order valence-corrected chi connectivity index (χ1v) is 6.06. The summed E-state index contributed by atoms with van der Waals surface area (Å²) in [6.45, 7) is 5.29. The van der Waals surface area contributed by atoms with Crippen LogP contribution in [0, 0.1) is 13.8 Å². The predicted octanol–water partition coefficient (Wildman–Crippen LogP) is 3.16. The van der Waals surface area contributed by atoms with Gasteiger partial charge >= 0.3 is 0 Å². The van der Waals surface area contributed by atoms with Gasteiger partial charge in [-0.15, -0.1) is 11.6 Å². The van der Waals surface area contributed by atoms with Crippen LogP contribution in [-0.2, 0) is 6.54 Å². The maximum atomic E-state index is 5.94. The molecule has 1 saturated carbocycles. The van der Waals surface area contributed by atoms with Crippen molar-refractivity contribution in [3.8, 4) is 0 Å². The van der Waals surface area contributed by atoms with Crippen LogP contribution in [0.1, 0.15) is 29.5 Å². The van der Waals surface area contributed by atoms with E-state index in [9.17, 15) is 0 Å². The molecule has 1 aromatic rings. The zero-order chi connectivity index (χ0) is 10.9. The first-order valence-electron chi connectivity index (χ1n) is 5.53. The summed E-state index contributed by atoms with van der Waals surface area (Å²) in [6.07, 6.45) is 2.45. The lowest BCUT2D eigenvalue weighted by Crippen LogP contribution is -2.32. The molecule has 0 spiro atoms. The lowest BCUT2D eigenvalue weighted by atomic mass is 10.0. The van der Waals surface area contributed by atoms with Crippen molar-refractivity contribution in [2.75, 3.05) is 5.88 Å². The molecule has 1 N–H and O–H groups in total. The van der Waals surface area contributed by atoms with Crippen LogP contribution in [0.25, 0.3) is 0 Å². The number of rotatable bonds is 4. The molecule has 0 aromatic heterocycles. The van der Waals surface area contributed by atoms with E-state index in [1.165, 1.54) is 29.5 Å². The molecule has 1 nitrogen and oxygen atoms in total. The van der Waals surface area contributed by atoms with Crippen molar-refractivity contribution in [1.82, 2.24) is 5.32 Å². The molecule has 0 atom stereocenters. The molecular weight excluding hydrogens is 206 g/mol. The van der Waals surface area contributed by atoms with E-state index in [2.05, 4.69) is 37.4 Å². The van der Waals surface area contributed by atoms with Gasteiger partial charge in [0.05, 0.1) is 0 Å². The van der Waals surface area contributed by atoms with E-state index in [0.29, 0.717) is 0 Å². The zero-order valence-corrected chi connectivity index (χ0v) is 10.2. The second-order valence-electron chi connectivity index (χ2n) is 4.64. The van der Waals surface area contributed by atoms with E-state index in [1.54, 1.807) is 0 Å². The summed E-state index contributed by atoms with van der Waals surface area (Å²) in [4.78, 5) is 0. The van der Waals surface area contributed by atoms with Gasteiger partial charge in [-0.25, -0.2) is 0 Å². The lowest BCUT2D eigenvalue weighted by Gasteiger charge is -2.16. The molecule has 15 heavy (non-hydrogen) atoms. The maximum Gasteiger partial charge on any atom is 0.0406 e. The van der Waals surface area contributed by atoms with Gasteiger partial charge in [0.25, 0.3) is 0 Å². The molecule has 82 valence electrons. The van der Waals surface area contributed by atoms with Gasteiger partial charge < -0.3 is 5.32 Å². The SMILES string of the molecule is Cc1cccc(C)c1CNC1(CCl)CC1. The van der Waals surface area contributed by atoms with Crippen LogP contribution < -0.4 is 5.32 Å². The fourth-order valence-corrected chi connectivity index (χ4v) is 2.27. The molecule has 0 amide bonds. The summed E-state index contributed by atoms with van der Waals surface area (Å²) in [5.41, 5.74) is 4.41. The molecule has 0 unspecified atom stereocenters. The highest BCUT2D eigenvalue weighted by Crippen LogP contribution is 2.36. The Kier molecular flexibility index (Phi) is 3.03. The molecule has 0 aliphatic heterocycles. The van der Waals surface area contributed by atoms with Crippen molar-refractivity contribution in [1.29, 1.82) is 0 Å². The Labute approximate surface area is 96.8 Å². The highest BCUT2D eigenvalue weighted by molar-refractivity contribution is 6.18. The Hall–Kier alpha value is -0.530. The highest BCUT2D eigenvalue weighted by Gasteiger charge is 2.41. The summed E-state index contributed by atoms with van der Waals surface area (Å²) in [6, 6.07) is 6.46. The van der Waals surface area contributed by atoms with Crippen molar-refractivity contribution in [3.05, 3.63) is 34.9 Å². The largest absolute Gasteiger partial charge is 0.306 e. The summed E-state index contributed by atoms with van der Waals surface area (Å²) in [5.74, 6) is 0.734. The summed E-state index contributed by atoms with van der Waals surface area (Å²) in [5, 5.41) is 3.59. The standard InChI is InChI=1S/C13H18ClN/c1-10-4-3-5-11(2)12(10)8-15-13(9-14)6-7-13/h3-5,15H,6-9H2,1-2H3. The minimum atomic E-state index is 0.246. The summed E-state index contributed by atoms with van der Waals surface area (Å²) < 4.78 is 0. The zero-order valence-electron chi connectivity index (χ0n) is 9.44. The van der Waals surface area contributed by atoms with E-state index in [0.717, 1.165) is 12.4 Å². The average molecular weight is 224 g/mol. The van der Waals surface area contributed by atoms with Crippen molar-refractivity contribution in [2.45, 2.75) is 38.8 Å². The van der Waals surface area contributed by atoms with E-state index >= 15 is 0 Å². The monoisotopic (exact) mass is 223 g/mol. The van der Waals surface area contributed by atoms with Gasteiger partial charge in [0, 0.05) is 18.0 Å². The molecule has 2 rings (SSSR count). The van der Waals surface area contributed by atoms with Gasteiger partial charge in [-0.3, -0.25) is 0 Å². The normalized spacial score (nSPS) is 17.8. The minimum absolute atomic E-state index is 0.246. The molecule has 1 aromatic carbocycles. The fourth-order valence-electron chi connectivity index (χ4n) is 1.91. The average Bonchev–Trinajstić information content (AvgIpc) is 2.98. The third kappa shape index (κ3) is 2.35. The van der Waals surface area contributed by atoms with E-state index < -0.39 is 0 Å². The van der Waals surface area contributed by atoms with Gasteiger partial charge in [-0.1, -0.05) is 18.2 Å². The van der Waals surface area contributed by atoms with Gasteiger partial charge in [0.2, 0.25) is 0 Å². The van der Waals surface area contributed by atoms with E-state index in [4.69, 9.17) is 11.6 Å². The van der Waals surface area contributed by atoms with Crippen LogP contribution in [0.5, 0.6) is 0 Å². The second kappa shape index (κ2) is 4.15. The summed E-state index contributed by atoms with van der Waals surface area (Å²) in [7, 11) is 0. The number of hydrogen-bond acceptors (Lipinski definition) is 1. The van der Waals surface area contributed by atoms with Gasteiger partial charge in [0.15, 0.2) is 0 Å². The van der Waals surface area contributed by atoms with Crippen molar-refractivity contribution in [2.24, 2.45) is 0 Å².